The minimum absolute atomic E-state index is 0.0645. The quantitative estimate of drug-likeness (QED) is 0.774. The second-order valence-corrected chi connectivity index (χ2v) is 6.90. The number of nitrogens with one attached hydrogen (secondary N) is 2. The number of likely N-dealkylation sites (tertiary alicyclic amines) is 1. The molecule has 1 aromatic carbocycles. The molecular formula is C18H20BrN3O3. The summed E-state index contributed by atoms with van der Waals surface area (Å²) in [5, 5.41) is 5.74. The summed E-state index contributed by atoms with van der Waals surface area (Å²) in [6.07, 6.45) is 3.25. The van der Waals surface area contributed by atoms with E-state index < -0.39 is 0 Å². The Kier molecular flexibility index (Phi) is 5.88. The Labute approximate surface area is 154 Å². The predicted octanol–water partition coefficient (Wildman–Crippen LogP) is 2.76. The van der Waals surface area contributed by atoms with Crippen molar-refractivity contribution in [2.24, 2.45) is 0 Å². The Balaban J connectivity index is 1.51. The maximum absolute atomic E-state index is 12.4. The summed E-state index contributed by atoms with van der Waals surface area (Å²) in [5.74, 6) is 0.532. The van der Waals surface area contributed by atoms with Crippen LogP contribution in [0.25, 0.3) is 0 Å². The van der Waals surface area contributed by atoms with E-state index in [4.69, 9.17) is 4.42 Å². The Morgan fingerprint density at radius 1 is 1.24 bits per heavy atom. The SMILES string of the molecule is O=C(CN1CCCC1C(=O)NCc1ccco1)Nc1ccc(Br)cc1. The standard InChI is InChI=1S/C18H20BrN3O3/c19-13-5-7-14(8-6-13)21-17(23)12-22-9-1-4-16(22)18(24)20-11-15-3-2-10-25-15/h2-3,5-8,10,16H,1,4,9,11-12H2,(H,20,24)(H,21,23). The van der Waals surface area contributed by atoms with Crippen molar-refractivity contribution in [3.05, 3.63) is 52.9 Å². The second-order valence-electron chi connectivity index (χ2n) is 5.98. The van der Waals surface area contributed by atoms with E-state index in [0.29, 0.717) is 12.3 Å². The van der Waals surface area contributed by atoms with Gasteiger partial charge in [0.25, 0.3) is 0 Å². The van der Waals surface area contributed by atoms with Gasteiger partial charge in [0.1, 0.15) is 5.76 Å². The number of rotatable bonds is 6. The van der Waals surface area contributed by atoms with Crippen molar-refractivity contribution in [1.82, 2.24) is 10.2 Å². The van der Waals surface area contributed by atoms with Gasteiger partial charge in [0, 0.05) is 10.2 Å². The zero-order valence-electron chi connectivity index (χ0n) is 13.7. The smallest absolute Gasteiger partial charge is 0.238 e. The molecule has 0 spiro atoms. The third kappa shape index (κ3) is 4.93. The average Bonchev–Trinajstić information content (AvgIpc) is 3.26. The Morgan fingerprint density at radius 2 is 2.04 bits per heavy atom. The van der Waals surface area contributed by atoms with Crippen molar-refractivity contribution in [2.75, 3.05) is 18.4 Å². The fourth-order valence-electron chi connectivity index (χ4n) is 2.94. The van der Waals surface area contributed by atoms with Gasteiger partial charge in [-0.25, -0.2) is 0 Å². The first-order valence-corrected chi connectivity index (χ1v) is 9.01. The summed E-state index contributed by atoms with van der Waals surface area (Å²) in [4.78, 5) is 26.6. The lowest BCUT2D eigenvalue weighted by molar-refractivity contribution is -0.126. The van der Waals surface area contributed by atoms with Gasteiger partial charge in [-0.1, -0.05) is 15.9 Å². The summed E-state index contributed by atoms with van der Waals surface area (Å²) >= 11 is 3.36. The number of furan rings is 1. The van der Waals surface area contributed by atoms with Crippen LogP contribution in [0.3, 0.4) is 0 Å². The summed E-state index contributed by atoms with van der Waals surface area (Å²) in [5.41, 5.74) is 0.742. The van der Waals surface area contributed by atoms with Gasteiger partial charge >= 0.3 is 0 Å². The summed E-state index contributed by atoms with van der Waals surface area (Å²) in [6.45, 7) is 1.31. The molecule has 1 atom stereocenters. The zero-order valence-corrected chi connectivity index (χ0v) is 15.3. The van der Waals surface area contributed by atoms with E-state index >= 15 is 0 Å². The van der Waals surface area contributed by atoms with E-state index in [0.717, 1.165) is 29.5 Å². The van der Waals surface area contributed by atoms with E-state index in [1.54, 1.807) is 12.3 Å². The zero-order chi connectivity index (χ0) is 17.6. The first kappa shape index (κ1) is 17.7. The van der Waals surface area contributed by atoms with Crippen molar-refractivity contribution < 1.29 is 14.0 Å². The highest BCUT2D eigenvalue weighted by atomic mass is 79.9. The van der Waals surface area contributed by atoms with Crippen molar-refractivity contribution in [3.63, 3.8) is 0 Å². The molecule has 2 heterocycles. The fourth-order valence-corrected chi connectivity index (χ4v) is 3.20. The molecule has 7 heteroatoms. The molecule has 0 saturated carbocycles. The lowest BCUT2D eigenvalue weighted by Gasteiger charge is -2.23. The molecule has 1 aliphatic heterocycles. The van der Waals surface area contributed by atoms with E-state index in [1.165, 1.54) is 0 Å². The minimum Gasteiger partial charge on any atom is -0.467 e. The third-order valence-corrected chi connectivity index (χ3v) is 4.69. The molecule has 1 aromatic heterocycles. The molecule has 0 aliphatic carbocycles. The van der Waals surface area contributed by atoms with Gasteiger partial charge in [-0.2, -0.15) is 0 Å². The topological polar surface area (TPSA) is 74.6 Å². The monoisotopic (exact) mass is 405 g/mol. The van der Waals surface area contributed by atoms with Crippen LogP contribution in [0.4, 0.5) is 5.69 Å². The first-order valence-electron chi connectivity index (χ1n) is 8.21. The number of halogens is 1. The number of nitrogens with zero attached hydrogens (tertiary/aromatic N) is 1. The summed E-state index contributed by atoms with van der Waals surface area (Å²) in [7, 11) is 0. The molecule has 1 aliphatic rings. The third-order valence-electron chi connectivity index (χ3n) is 4.16. The lowest BCUT2D eigenvalue weighted by atomic mass is 10.2. The number of carbonyl (C=O) groups excluding carboxylic acids is 2. The van der Waals surface area contributed by atoms with Crippen LogP contribution >= 0.6 is 15.9 Å². The van der Waals surface area contributed by atoms with Crippen LogP contribution in [-0.4, -0.2) is 35.8 Å². The van der Waals surface area contributed by atoms with E-state index in [2.05, 4.69) is 26.6 Å². The molecule has 1 unspecified atom stereocenters. The van der Waals surface area contributed by atoms with E-state index in [9.17, 15) is 9.59 Å². The Bertz CT molecular complexity index is 716. The number of carbonyl (C=O) groups is 2. The molecule has 132 valence electrons. The van der Waals surface area contributed by atoms with Crippen LogP contribution in [0.5, 0.6) is 0 Å². The van der Waals surface area contributed by atoms with Crippen LogP contribution < -0.4 is 10.6 Å². The van der Waals surface area contributed by atoms with E-state index in [1.807, 2.05) is 35.2 Å². The predicted molar refractivity (Wildman–Crippen MR) is 97.9 cm³/mol. The van der Waals surface area contributed by atoms with Crippen LogP contribution in [0, 0.1) is 0 Å². The molecule has 0 radical (unpaired) electrons. The number of amides is 2. The van der Waals surface area contributed by atoms with Crippen molar-refractivity contribution in [3.8, 4) is 0 Å². The Morgan fingerprint density at radius 3 is 2.76 bits per heavy atom. The van der Waals surface area contributed by atoms with Gasteiger partial charge in [-0.15, -0.1) is 0 Å². The number of benzene rings is 1. The molecule has 2 N–H and O–H groups in total. The highest BCUT2D eigenvalue weighted by molar-refractivity contribution is 9.10. The molecule has 0 bridgehead atoms. The highest BCUT2D eigenvalue weighted by Crippen LogP contribution is 2.18. The van der Waals surface area contributed by atoms with Gasteiger partial charge in [-0.3, -0.25) is 14.5 Å². The van der Waals surface area contributed by atoms with Gasteiger partial charge < -0.3 is 15.1 Å². The van der Waals surface area contributed by atoms with Crippen LogP contribution in [0.15, 0.2) is 51.6 Å². The number of hydrogen-bond donors (Lipinski definition) is 2. The average molecular weight is 406 g/mol. The first-order chi connectivity index (χ1) is 12.1. The Hall–Kier alpha value is -2.12. The maximum Gasteiger partial charge on any atom is 0.238 e. The van der Waals surface area contributed by atoms with E-state index in [-0.39, 0.29) is 24.4 Å². The van der Waals surface area contributed by atoms with Gasteiger partial charge in [0.15, 0.2) is 0 Å². The fraction of sp³-hybridized carbons (Fsp3) is 0.333. The number of anilines is 1. The van der Waals surface area contributed by atoms with Crippen LogP contribution in [0.1, 0.15) is 18.6 Å². The van der Waals surface area contributed by atoms with Crippen molar-refractivity contribution in [1.29, 1.82) is 0 Å². The molecule has 1 fully saturated rings. The van der Waals surface area contributed by atoms with Gasteiger partial charge in [0.05, 0.1) is 25.4 Å². The summed E-state index contributed by atoms with van der Waals surface area (Å²) < 4.78 is 6.17. The van der Waals surface area contributed by atoms with Crippen LogP contribution in [-0.2, 0) is 16.1 Å². The lowest BCUT2D eigenvalue weighted by Crippen LogP contribution is -2.45. The van der Waals surface area contributed by atoms with Crippen molar-refractivity contribution in [2.45, 2.75) is 25.4 Å². The molecule has 25 heavy (non-hydrogen) atoms. The van der Waals surface area contributed by atoms with Crippen molar-refractivity contribution >= 4 is 33.4 Å². The molecule has 2 aromatic rings. The summed E-state index contributed by atoms with van der Waals surface area (Å²) in [6, 6.07) is 10.7. The second kappa shape index (κ2) is 8.31. The highest BCUT2D eigenvalue weighted by Gasteiger charge is 2.31. The molecule has 1 saturated heterocycles. The van der Waals surface area contributed by atoms with Gasteiger partial charge in [-0.05, 0) is 55.8 Å². The number of hydrogen-bond acceptors (Lipinski definition) is 4. The van der Waals surface area contributed by atoms with Crippen LogP contribution in [0.2, 0.25) is 0 Å². The molecule has 2 amide bonds. The normalized spacial score (nSPS) is 17.4. The maximum atomic E-state index is 12.4. The molecule has 6 nitrogen and oxygen atoms in total. The largest absolute Gasteiger partial charge is 0.467 e. The van der Waals surface area contributed by atoms with Gasteiger partial charge in [0.2, 0.25) is 11.8 Å². The molecular weight excluding hydrogens is 386 g/mol. The minimum atomic E-state index is -0.273. The molecule has 3 rings (SSSR count).